The highest BCUT2D eigenvalue weighted by molar-refractivity contribution is 5.99. The lowest BCUT2D eigenvalue weighted by atomic mass is 10.0. The summed E-state index contributed by atoms with van der Waals surface area (Å²) >= 11 is 0. The first kappa shape index (κ1) is 19.4. The number of fused-ring (bicyclic) bond motifs is 1. The lowest BCUT2D eigenvalue weighted by Crippen LogP contribution is -2.45. The van der Waals surface area contributed by atoms with Gasteiger partial charge in [-0.2, -0.15) is 0 Å². The van der Waals surface area contributed by atoms with Crippen molar-refractivity contribution in [1.82, 2.24) is 10.3 Å². The molecule has 0 aliphatic rings. The van der Waals surface area contributed by atoms with Crippen LogP contribution in [0.3, 0.4) is 0 Å². The van der Waals surface area contributed by atoms with Crippen LogP contribution in [-0.2, 0) is 11.2 Å². The Hall–Kier alpha value is -3.41. The van der Waals surface area contributed by atoms with E-state index in [1.807, 2.05) is 42.5 Å². The maximum Gasteiger partial charge on any atom is 0.326 e. The number of hydrogen-bond donors (Lipinski definition) is 3. The van der Waals surface area contributed by atoms with Gasteiger partial charge in [0.05, 0.1) is 0 Å². The summed E-state index contributed by atoms with van der Waals surface area (Å²) in [7, 11) is 0. The van der Waals surface area contributed by atoms with Crippen LogP contribution < -0.4 is 10.7 Å². The molecule has 1 heterocycles. The van der Waals surface area contributed by atoms with Crippen molar-refractivity contribution in [2.75, 3.05) is 0 Å². The SMILES string of the molecule is CC(C)[C@H](NC(=O)c1c[nH]c2ccc(Cc3ccccc3)cc2c1=O)C(=O)O. The van der Waals surface area contributed by atoms with E-state index in [4.69, 9.17) is 0 Å². The van der Waals surface area contributed by atoms with E-state index in [-0.39, 0.29) is 11.5 Å². The smallest absolute Gasteiger partial charge is 0.326 e. The number of carboxylic acid groups (broad SMARTS) is 1. The second-order valence-electron chi connectivity index (χ2n) is 7.11. The van der Waals surface area contributed by atoms with Gasteiger partial charge in [0.25, 0.3) is 5.91 Å². The van der Waals surface area contributed by atoms with E-state index in [0.29, 0.717) is 17.3 Å². The maximum atomic E-state index is 12.9. The Labute approximate surface area is 162 Å². The zero-order valence-corrected chi connectivity index (χ0v) is 15.7. The van der Waals surface area contributed by atoms with Crippen molar-refractivity contribution in [3.63, 3.8) is 0 Å². The average molecular weight is 378 g/mol. The van der Waals surface area contributed by atoms with E-state index < -0.39 is 23.3 Å². The first-order valence-corrected chi connectivity index (χ1v) is 9.08. The molecule has 144 valence electrons. The Morgan fingerprint density at radius 3 is 2.43 bits per heavy atom. The van der Waals surface area contributed by atoms with Crippen LogP contribution in [0.25, 0.3) is 10.9 Å². The fourth-order valence-corrected chi connectivity index (χ4v) is 3.11. The van der Waals surface area contributed by atoms with Gasteiger partial charge in [-0.05, 0) is 35.6 Å². The molecule has 0 saturated carbocycles. The molecule has 0 fully saturated rings. The van der Waals surface area contributed by atoms with E-state index in [1.54, 1.807) is 19.9 Å². The van der Waals surface area contributed by atoms with Gasteiger partial charge in [0.2, 0.25) is 5.43 Å². The van der Waals surface area contributed by atoms with Crippen LogP contribution in [0.2, 0.25) is 0 Å². The number of amides is 1. The molecule has 0 unspecified atom stereocenters. The Kier molecular flexibility index (Phi) is 5.59. The topological polar surface area (TPSA) is 99.3 Å². The van der Waals surface area contributed by atoms with Crippen molar-refractivity contribution >= 4 is 22.8 Å². The van der Waals surface area contributed by atoms with Gasteiger partial charge in [-0.15, -0.1) is 0 Å². The number of aromatic amines is 1. The number of H-pyrrole nitrogens is 1. The number of carbonyl (C=O) groups is 2. The Morgan fingerprint density at radius 1 is 1.07 bits per heavy atom. The normalized spacial score (nSPS) is 12.1. The van der Waals surface area contributed by atoms with Crippen molar-refractivity contribution in [1.29, 1.82) is 0 Å². The summed E-state index contributed by atoms with van der Waals surface area (Å²) in [5.74, 6) is -2.14. The first-order chi connectivity index (χ1) is 13.4. The van der Waals surface area contributed by atoms with E-state index in [9.17, 15) is 19.5 Å². The number of carbonyl (C=O) groups excluding carboxylic acids is 1. The van der Waals surface area contributed by atoms with Gasteiger partial charge in [0, 0.05) is 17.1 Å². The third-order valence-electron chi connectivity index (χ3n) is 4.66. The van der Waals surface area contributed by atoms with Crippen molar-refractivity contribution in [2.24, 2.45) is 5.92 Å². The van der Waals surface area contributed by atoms with Crippen LogP contribution in [-0.4, -0.2) is 28.0 Å². The number of carboxylic acids is 1. The molecule has 1 aromatic heterocycles. The Morgan fingerprint density at radius 2 is 1.79 bits per heavy atom. The molecular formula is C22H22N2O4. The molecular weight excluding hydrogens is 356 g/mol. The fourth-order valence-electron chi connectivity index (χ4n) is 3.11. The number of aromatic nitrogens is 1. The van der Waals surface area contributed by atoms with Crippen LogP contribution in [0.5, 0.6) is 0 Å². The van der Waals surface area contributed by atoms with Gasteiger partial charge in [0.15, 0.2) is 0 Å². The second-order valence-corrected chi connectivity index (χ2v) is 7.11. The summed E-state index contributed by atoms with van der Waals surface area (Å²) < 4.78 is 0. The maximum absolute atomic E-state index is 12.9. The zero-order chi connectivity index (χ0) is 20.3. The minimum absolute atomic E-state index is 0.101. The number of pyridine rings is 1. The lowest BCUT2D eigenvalue weighted by molar-refractivity contribution is -0.140. The van der Waals surface area contributed by atoms with Gasteiger partial charge < -0.3 is 15.4 Å². The molecule has 28 heavy (non-hydrogen) atoms. The number of hydrogen-bond acceptors (Lipinski definition) is 3. The van der Waals surface area contributed by atoms with Gasteiger partial charge in [-0.3, -0.25) is 9.59 Å². The molecule has 0 aliphatic carbocycles. The molecule has 0 bridgehead atoms. The minimum Gasteiger partial charge on any atom is -0.480 e. The Bertz CT molecular complexity index is 1070. The molecule has 1 amide bonds. The predicted molar refractivity (Wildman–Crippen MR) is 108 cm³/mol. The molecule has 6 nitrogen and oxygen atoms in total. The molecule has 3 rings (SSSR count). The Balaban J connectivity index is 1.94. The lowest BCUT2D eigenvalue weighted by Gasteiger charge is -2.17. The zero-order valence-electron chi connectivity index (χ0n) is 15.7. The van der Waals surface area contributed by atoms with E-state index in [1.165, 1.54) is 6.20 Å². The van der Waals surface area contributed by atoms with Crippen LogP contribution in [0.15, 0.2) is 59.5 Å². The average Bonchev–Trinajstić information content (AvgIpc) is 2.67. The van der Waals surface area contributed by atoms with Crippen molar-refractivity contribution < 1.29 is 14.7 Å². The highest BCUT2D eigenvalue weighted by Gasteiger charge is 2.25. The highest BCUT2D eigenvalue weighted by atomic mass is 16.4. The van der Waals surface area contributed by atoms with E-state index >= 15 is 0 Å². The molecule has 0 spiro atoms. The second kappa shape index (κ2) is 8.08. The molecule has 2 aromatic carbocycles. The number of nitrogens with one attached hydrogen (secondary N) is 2. The van der Waals surface area contributed by atoms with Crippen molar-refractivity contribution in [3.05, 3.63) is 81.6 Å². The van der Waals surface area contributed by atoms with Crippen LogP contribution >= 0.6 is 0 Å². The van der Waals surface area contributed by atoms with E-state index in [2.05, 4.69) is 10.3 Å². The number of benzene rings is 2. The minimum atomic E-state index is -1.13. The molecule has 0 radical (unpaired) electrons. The highest BCUT2D eigenvalue weighted by Crippen LogP contribution is 2.15. The summed E-state index contributed by atoms with van der Waals surface area (Å²) in [6.45, 7) is 3.39. The van der Waals surface area contributed by atoms with Gasteiger partial charge >= 0.3 is 5.97 Å². The standard InChI is InChI=1S/C22H22N2O4/c1-13(2)19(22(27)28)24-21(26)17-12-23-18-9-8-15(11-16(18)20(17)25)10-14-6-4-3-5-7-14/h3-9,11-13,19H,10H2,1-2H3,(H,23,25)(H,24,26)(H,27,28)/t19-/m0/s1. The summed E-state index contributed by atoms with van der Waals surface area (Å²) in [6.07, 6.45) is 2.00. The van der Waals surface area contributed by atoms with Crippen LogP contribution in [0.1, 0.15) is 35.3 Å². The van der Waals surface area contributed by atoms with Gasteiger partial charge in [-0.25, -0.2) is 4.79 Å². The molecule has 6 heteroatoms. The predicted octanol–water partition coefficient (Wildman–Crippen LogP) is 2.96. The monoisotopic (exact) mass is 378 g/mol. The summed E-state index contributed by atoms with van der Waals surface area (Å²) in [4.78, 5) is 39.7. The summed E-state index contributed by atoms with van der Waals surface area (Å²) in [5, 5.41) is 12.1. The van der Waals surface area contributed by atoms with Crippen molar-refractivity contribution in [3.8, 4) is 0 Å². The number of rotatable bonds is 6. The quantitative estimate of drug-likeness (QED) is 0.614. The van der Waals surface area contributed by atoms with Crippen LogP contribution in [0, 0.1) is 5.92 Å². The third-order valence-corrected chi connectivity index (χ3v) is 4.66. The largest absolute Gasteiger partial charge is 0.480 e. The molecule has 0 aliphatic heterocycles. The molecule has 3 N–H and O–H groups in total. The van der Waals surface area contributed by atoms with Gasteiger partial charge in [0.1, 0.15) is 11.6 Å². The third kappa shape index (κ3) is 4.11. The van der Waals surface area contributed by atoms with Crippen LogP contribution in [0.4, 0.5) is 0 Å². The van der Waals surface area contributed by atoms with E-state index in [0.717, 1.165) is 11.1 Å². The van der Waals surface area contributed by atoms with Gasteiger partial charge in [-0.1, -0.05) is 50.2 Å². The first-order valence-electron chi connectivity index (χ1n) is 9.08. The summed E-state index contributed by atoms with van der Waals surface area (Å²) in [6, 6.07) is 14.3. The van der Waals surface area contributed by atoms with Crippen molar-refractivity contribution in [2.45, 2.75) is 26.3 Å². The summed E-state index contributed by atoms with van der Waals surface area (Å²) in [5.41, 5.74) is 2.17. The molecule has 3 aromatic rings. The molecule has 0 saturated heterocycles. The fraction of sp³-hybridized carbons (Fsp3) is 0.227. The molecule has 1 atom stereocenters. The number of aliphatic carboxylic acids is 1.